The summed E-state index contributed by atoms with van der Waals surface area (Å²) in [6.07, 6.45) is 0. The molecule has 0 spiro atoms. The van der Waals surface area contributed by atoms with Crippen LogP contribution in [0.2, 0.25) is 10.0 Å². The molecule has 0 aromatic heterocycles. The van der Waals surface area contributed by atoms with E-state index in [4.69, 9.17) is 28.5 Å². The van der Waals surface area contributed by atoms with Gasteiger partial charge in [0.1, 0.15) is 5.84 Å². The second kappa shape index (κ2) is 7.47. The Balaban J connectivity index is 1.80. The number of rotatable bonds is 2. The minimum Gasteiger partial charge on any atom is -0.321 e. The molecular weight excluding hydrogens is 393 g/mol. The molecule has 0 unspecified atom stereocenters. The fraction of sp³-hybridized carbons (Fsp3) is 0.0455. The quantitative estimate of drug-likeness (QED) is 0.567. The molecule has 1 aliphatic rings. The number of hydrogen-bond donors (Lipinski definition) is 0. The minimum absolute atomic E-state index is 0.190. The van der Waals surface area contributed by atoms with E-state index in [2.05, 4.69) is 11.1 Å². The van der Waals surface area contributed by atoms with Crippen LogP contribution < -0.4 is 4.90 Å². The van der Waals surface area contributed by atoms with Crippen LogP contribution in [0.5, 0.6) is 0 Å². The number of amides is 1. The molecule has 1 heterocycles. The molecule has 0 fully saturated rings. The van der Waals surface area contributed by atoms with Crippen LogP contribution in [0.1, 0.15) is 27.0 Å². The third-order valence-corrected chi connectivity index (χ3v) is 5.36. The number of carbonyl (C=O) groups is 1. The van der Waals surface area contributed by atoms with E-state index in [-0.39, 0.29) is 10.6 Å². The minimum atomic E-state index is -0.460. The molecule has 4 rings (SSSR count). The molecule has 4 nitrogen and oxygen atoms in total. The largest absolute Gasteiger partial charge is 0.321 e. The van der Waals surface area contributed by atoms with Crippen LogP contribution in [0.15, 0.2) is 71.7 Å². The van der Waals surface area contributed by atoms with Crippen molar-refractivity contribution < 1.29 is 4.79 Å². The van der Waals surface area contributed by atoms with Gasteiger partial charge in [0, 0.05) is 11.3 Å². The molecule has 0 bridgehead atoms. The maximum absolute atomic E-state index is 12.9. The molecule has 0 atom stereocenters. The number of amidine groups is 1. The van der Waals surface area contributed by atoms with Crippen LogP contribution in [0, 0.1) is 11.3 Å². The first kappa shape index (κ1) is 18.2. The lowest BCUT2D eigenvalue weighted by Gasteiger charge is -2.19. The lowest BCUT2D eigenvalue weighted by atomic mass is 10.1. The Bertz CT molecular complexity index is 1150. The van der Waals surface area contributed by atoms with Crippen molar-refractivity contribution in [2.75, 3.05) is 4.90 Å². The Morgan fingerprint density at radius 3 is 2.50 bits per heavy atom. The molecule has 3 aromatic carbocycles. The Hall–Kier alpha value is -3.13. The lowest BCUT2D eigenvalue weighted by molar-refractivity contribution is 0.100. The zero-order valence-corrected chi connectivity index (χ0v) is 16.1. The SMILES string of the molecule is N#Cc1ccc(N2Cc3ccccc3C2=NC(=O)c2cccc(Cl)c2Cl)cc1. The van der Waals surface area contributed by atoms with Crippen molar-refractivity contribution in [1.82, 2.24) is 0 Å². The first-order valence-electron chi connectivity index (χ1n) is 8.51. The van der Waals surface area contributed by atoms with Crippen LogP contribution in [0.4, 0.5) is 5.69 Å². The van der Waals surface area contributed by atoms with Gasteiger partial charge in [-0.3, -0.25) is 4.79 Å². The van der Waals surface area contributed by atoms with E-state index in [1.54, 1.807) is 30.3 Å². The summed E-state index contributed by atoms with van der Waals surface area (Å²) in [6, 6.07) is 22.0. The summed E-state index contributed by atoms with van der Waals surface area (Å²) in [7, 11) is 0. The molecule has 0 aliphatic carbocycles. The number of carbonyl (C=O) groups excluding carboxylic acids is 1. The number of hydrogen-bond acceptors (Lipinski definition) is 2. The van der Waals surface area contributed by atoms with Gasteiger partial charge in [-0.25, -0.2) is 0 Å². The highest BCUT2D eigenvalue weighted by Crippen LogP contribution is 2.31. The number of nitrogens with zero attached hydrogens (tertiary/aromatic N) is 3. The molecule has 28 heavy (non-hydrogen) atoms. The van der Waals surface area contributed by atoms with E-state index in [0.29, 0.717) is 23.0 Å². The predicted octanol–water partition coefficient (Wildman–Crippen LogP) is 5.47. The van der Waals surface area contributed by atoms with Gasteiger partial charge in [-0.15, -0.1) is 0 Å². The second-order valence-electron chi connectivity index (χ2n) is 6.24. The molecule has 0 radical (unpaired) electrons. The van der Waals surface area contributed by atoms with Gasteiger partial charge < -0.3 is 4.90 Å². The Morgan fingerprint density at radius 2 is 1.75 bits per heavy atom. The van der Waals surface area contributed by atoms with E-state index in [0.717, 1.165) is 16.8 Å². The summed E-state index contributed by atoms with van der Waals surface area (Å²) in [6.45, 7) is 0.581. The zero-order valence-electron chi connectivity index (χ0n) is 14.6. The van der Waals surface area contributed by atoms with E-state index >= 15 is 0 Å². The monoisotopic (exact) mass is 405 g/mol. The average molecular weight is 406 g/mol. The molecule has 6 heteroatoms. The zero-order chi connectivity index (χ0) is 19.7. The van der Waals surface area contributed by atoms with Crippen LogP contribution in [0.25, 0.3) is 0 Å². The van der Waals surface area contributed by atoms with Crippen molar-refractivity contribution in [3.8, 4) is 6.07 Å². The summed E-state index contributed by atoms with van der Waals surface area (Å²) in [4.78, 5) is 19.2. The van der Waals surface area contributed by atoms with E-state index < -0.39 is 5.91 Å². The van der Waals surface area contributed by atoms with Crippen LogP contribution in [-0.4, -0.2) is 11.7 Å². The summed E-state index contributed by atoms with van der Waals surface area (Å²) in [5.41, 5.74) is 3.62. The van der Waals surface area contributed by atoms with Crippen molar-refractivity contribution in [3.05, 3.63) is 99.0 Å². The van der Waals surface area contributed by atoms with Gasteiger partial charge in [-0.05, 0) is 42.0 Å². The summed E-state index contributed by atoms with van der Waals surface area (Å²) in [5.74, 6) is 0.0826. The maximum Gasteiger partial charge on any atom is 0.280 e. The fourth-order valence-electron chi connectivity index (χ4n) is 3.14. The van der Waals surface area contributed by atoms with Crippen LogP contribution in [-0.2, 0) is 6.54 Å². The van der Waals surface area contributed by atoms with Crippen molar-refractivity contribution >= 4 is 40.6 Å². The number of halogens is 2. The van der Waals surface area contributed by atoms with Crippen molar-refractivity contribution in [3.63, 3.8) is 0 Å². The van der Waals surface area contributed by atoms with Crippen molar-refractivity contribution in [2.45, 2.75) is 6.54 Å². The summed E-state index contributed by atoms with van der Waals surface area (Å²) < 4.78 is 0. The molecular formula is C22H13Cl2N3O. The highest BCUT2D eigenvalue weighted by atomic mass is 35.5. The highest BCUT2D eigenvalue weighted by Gasteiger charge is 2.27. The standard InChI is InChI=1S/C22H13Cl2N3O/c23-19-7-3-6-18(20(19)24)22(28)26-21-17-5-2-1-4-15(17)13-27(21)16-10-8-14(12-25)9-11-16/h1-11H,13H2. The Kier molecular flexibility index (Phi) is 4.87. The molecule has 1 amide bonds. The number of anilines is 1. The Morgan fingerprint density at radius 1 is 1.00 bits per heavy atom. The van der Waals surface area contributed by atoms with E-state index in [1.165, 1.54) is 0 Å². The van der Waals surface area contributed by atoms with Crippen LogP contribution >= 0.6 is 23.2 Å². The molecule has 0 saturated heterocycles. The van der Waals surface area contributed by atoms with E-state index in [1.807, 2.05) is 41.3 Å². The first-order chi connectivity index (χ1) is 13.6. The van der Waals surface area contributed by atoms with Gasteiger partial charge in [0.2, 0.25) is 0 Å². The summed E-state index contributed by atoms with van der Waals surface area (Å²) >= 11 is 12.2. The number of benzene rings is 3. The molecule has 0 N–H and O–H groups in total. The third-order valence-electron chi connectivity index (χ3n) is 4.54. The van der Waals surface area contributed by atoms with Gasteiger partial charge in [-0.1, -0.05) is 53.5 Å². The first-order valence-corrected chi connectivity index (χ1v) is 9.27. The number of fused-ring (bicyclic) bond motifs is 1. The third kappa shape index (κ3) is 3.27. The summed E-state index contributed by atoms with van der Waals surface area (Å²) in [5, 5.41) is 9.52. The molecule has 0 saturated carbocycles. The van der Waals surface area contributed by atoms with Crippen molar-refractivity contribution in [1.29, 1.82) is 5.26 Å². The van der Waals surface area contributed by atoms with Gasteiger partial charge >= 0.3 is 0 Å². The van der Waals surface area contributed by atoms with Gasteiger partial charge in [0.25, 0.3) is 5.91 Å². The maximum atomic E-state index is 12.9. The predicted molar refractivity (Wildman–Crippen MR) is 111 cm³/mol. The normalized spacial score (nSPS) is 14.0. The highest BCUT2D eigenvalue weighted by molar-refractivity contribution is 6.44. The fourth-order valence-corrected chi connectivity index (χ4v) is 3.52. The molecule has 1 aliphatic heterocycles. The lowest BCUT2D eigenvalue weighted by Crippen LogP contribution is -2.25. The van der Waals surface area contributed by atoms with Gasteiger partial charge in [-0.2, -0.15) is 10.3 Å². The topological polar surface area (TPSA) is 56.5 Å². The van der Waals surface area contributed by atoms with Gasteiger partial charge in [0.05, 0.1) is 33.8 Å². The van der Waals surface area contributed by atoms with Gasteiger partial charge in [0.15, 0.2) is 0 Å². The second-order valence-corrected chi connectivity index (χ2v) is 7.03. The van der Waals surface area contributed by atoms with Crippen LogP contribution in [0.3, 0.4) is 0 Å². The average Bonchev–Trinajstić information content (AvgIpc) is 3.08. The van der Waals surface area contributed by atoms with Crippen molar-refractivity contribution in [2.24, 2.45) is 4.99 Å². The van der Waals surface area contributed by atoms with E-state index in [9.17, 15) is 4.79 Å². The number of nitriles is 1. The molecule has 136 valence electrons. The number of aliphatic imine (C=N–C) groups is 1. The smallest absolute Gasteiger partial charge is 0.280 e. The molecule has 3 aromatic rings. The Labute approximate surface area is 172 Å².